The highest BCUT2D eigenvalue weighted by Crippen LogP contribution is 2.33. The Morgan fingerprint density at radius 3 is 1.34 bits per heavy atom. The Hall–Kier alpha value is -0.600. The molecule has 206 valence electrons. The Balaban J connectivity index is 1.72. The van der Waals surface area contributed by atoms with Crippen LogP contribution in [0.5, 0.6) is 0 Å². The number of hydrogen-bond acceptors (Lipinski definition) is 15. The molecule has 3 heterocycles. The van der Waals surface area contributed by atoms with Gasteiger partial charge in [-0.15, -0.1) is 0 Å². The van der Waals surface area contributed by atoms with Crippen LogP contribution < -0.4 is 0 Å². The third-order valence-corrected chi connectivity index (χ3v) is 6.70. The van der Waals surface area contributed by atoms with Crippen LogP contribution in [0.1, 0.15) is 6.92 Å². The second-order valence-corrected chi connectivity index (χ2v) is 8.92. The van der Waals surface area contributed by atoms with Gasteiger partial charge in [-0.1, -0.05) is 6.92 Å². The molecular weight excluding hydrogens is 480 g/mol. The van der Waals surface area contributed by atoms with Gasteiger partial charge < -0.3 is 74.4 Å². The minimum atomic E-state index is -1.83. The first-order valence-electron chi connectivity index (χ1n) is 11.3. The molecule has 0 bridgehead atoms. The van der Waals surface area contributed by atoms with E-state index in [1.165, 1.54) is 7.11 Å². The monoisotopic (exact) mass is 516 g/mol. The summed E-state index contributed by atoms with van der Waals surface area (Å²) >= 11 is 0. The summed E-state index contributed by atoms with van der Waals surface area (Å²) in [5, 5.41) is 91.4. The van der Waals surface area contributed by atoms with Crippen LogP contribution in [0.2, 0.25) is 0 Å². The third-order valence-electron chi connectivity index (χ3n) is 6.70. The van der Waals surface area contributed by atoms with Gasteiger partial charge in [-0.2, -0.15) is 0 Å². The van der Waals surface area contributed by atoms with Crippen LogP contribution in [0.3, 0.4) is 0 Å². The molecule has 9 N–H and O–H groups in total. The van der Waals surface area contributed by atoms with E-state index in [4.69, 9.17) is 28.4 Å². The van der Waals surface area contributed by atoms with E-state index < -0.39 is 112 Å². The van der Waals surface area contributed by atoms with E-state index >= 15 is 0 Å². The zero-order valence-corrected chi connectivity index (χ0v) is 19.3. The number of ether oxygens (including phenoxy) is 6. The molecule has 3 rings (SSSR count). The van der Waals surface area contributed by atoms with Crippen LogP contribution in [0.4, 0.5) is 0 Å². The second-order valence-electron chi connectivity index (χ2n) is 8.92. The molecule has 6 unspecified atom stereocenters. The van der Waals surface area contributed by atoms with Crippen molar-refractivity contribution in [2.75, 3.05) is 26.9 Å². The summed E-state index contributed by atoms with van der Waals surface area (Å²) in [5.74, 6) is -0.629. The first-order chi connectivity index (χ1) is 16.6. The second kappa shape index (κ2) is 12.3. The Morgan fingerprint density at radius 2 is 0.914 bits per heavy atom. The molecule has 15 nitrogen and oxygen atoms in total. The van der Waals surface area contributed by atoms with E-state index in [9.17, 15) is 46.0 Å². The van der Waals surface area contributed by atoms with Gasteiger partial charge in [0.25, 0.3) is 0 Å². The summed E-state index contributed by atoms with van der Waals surface area (Å²) in [6, 6.07) is 0. The average molecular weight is 516 g/mol. The van der Waals surface area contributed by atoms with Crippen molar-refractivity contribution in [3.63, 3.8) is 0 Å². The first kappa shape index (κ1) is 29.0. The van der Waals surface area contributed by atoms with Crippen molar-refractivity contribution in [3.05, 3.63) is 0 Å². The highest BCUT2D eigenvalue weighted by atomic mass is 16.8. The van der Waals surface area contributed by atoms with E-state index in [0.29, 0.717) is 0 Å². The fourth-order valence-corrected chi connectivity index (χ4v) is 4.45. The summed E-state index contributed by atoms with van der Waals surface area (Å²) in [4.78, 5) is 0. The highest BCUT2D eigenvalue weighted by molar-refractivity contribution is 4.96. The van der Waals surface area contributed by atoms with E-state index in [0.717, 1.165) is 0 Å². The molecule has 0 spiro atoms. The van der Waals surface area contributed by atoms with Crippen molar-refractivity contribution >= 4 is 0 Å². The van der Waals surface area contributed by atoms with Crippen molar-refractivity contribution in [1.82, 2.24) is 0 Å². The van der Waals surface area contributed by atoms with Crippen LogP contribution in [-0.4, -0.2) is 159 Å². The van der Waals surface area contributed by atoms with Crippen molar-refractivity contribution in [1.29, 1.82) is 0 Å². The molecule has 3 aliphatic heterocycles. The number of aliphatic hydroxyl groups excluding tert-OH is 9. The molecule has 0 amide bonds. The summed E-state index contributed by atoms with van der Waals surface area (Å²) in [6.07, 6.45) is -20.5. The van der Waals surface area contributed by atoms with Gasteiger partial charge in [0, 0.05) is 13.0 Å². The van der Waals surface area contributed by atoms with Crippen LogP contribution in [0, 0.1) is 5.92 Å². The van der Waals surface area contributed by atoms with Crippen LogP contribution >= 0.6 is 0 Å². The topological polar surface area (TPSA) is 237 Å². The molecule has 3 aliphatic rings. The predicted molar refractivity (Wildman–Crippen MR) is 109 cm³/mol. The summed E-state index contributed by atoms with van der Waals surface area (Å²) in [6.45, 7) is -0.329. The molecule has 0 aromatic carbocycles. The van der Waals surface area contributed by atoms with Gasteiger partial charge in [-0.25, -0.2) is 0 Å². The quantitative estimate of drug-likeness (QED) is 0.146. The number of hydrogen-bond donors (Lipinski definition) is 9. The van der Waals surface area contributed by atoms with E-state index in [-0.39, 0.29) is 0 Å². The molecule has 0 aromatic rings. The van der Waals surface area contributed by atoms with Gasteiger partial charge in [0.15, 0.2) is 18.9 Å². The van der Waals surface area contributed by atoms with Gasteiger partial charge in [0.2, 0.25) is 0 Å². The lowest BCUT2D eigenvalue weighted by Gasteiger charge is -2.48. The zero-order chi connectivity index (χ0) is 26.0. The Labute approximate surface area is 200 Å². The maximum Gasteiger partial charge on any atom is 0.187 e. The van der Waals surface area contributed by atoms with Crippen molar-refractivity contribution in [3.8, 4) is 0 Å². The smallest absolute Gasteiger partial charge is 0.187 e. The highest BCUT2D eigenvalue weighted by Gasteiger charge is 2.53. The van der Waals surface area contributed by atoms with E-state index in [1.807, 2.05) is 0 Å². The van der Waals surface area contributed by atoms with Crippen molar-refractivity contribution in [2.45, 2.75) is 92.9 Å². The Bertz CT molecular complexity index is 650. The molecule has 0 radical (unpaired) electrons. The normalized spacial score (nSPS) is 51.3. The Morgan fingerprint density at radius 1 is 0.543 bits per heavy atom. The number of aliphatic hydroxyl groups is 9. The molecule has 15 atom stereocenters. The van der Waals surface area contributed by atoms with E-state index in [1.54, 1.807) is 6.92 Å². The van der Waals surface area contributed by atoms with Crippen LogP contribution in [-0.2, 0) is 28.4 Å². The van der Waals surface area contributed by atoms with Gasteiger partial charge in [-0.05, 0) is 0 Å². The fourth-order valence-electron chi connectivity index (χ4n) is 4.45. The largest absolute Gasteiger partial charge is 0.394 e. The van der Waals surface area contributed by atoms with Crippen LogP contribution in [0.25, 0.3) is 0 Å². The number of methoxy groups -OCH3 is 1. The molecule has 3 fully saturated rings. The maximum atomic E-state index is 10.7. The van der Waals surface area contributed by atoms with Crippen molar-refractivity contribution in [2.24, 2.45) is 5.92 Å². The molecule has 35 heavy (non-hydrogen) atoms. The van der Waals surface area contributed by atoms with Crippen LogP contribution in [0.15, 0.2) is 0 Å². The minimum absolute atomic E-state index is 0.482. The summed E-state index contributed by atoms with van der Waals surface area (Å²) in [5.41, 5.74) is 0. The zero-order valence-electron chi connectivity index (χ0n) is 19.3. The lowest BCUT2D eigenvalue weighted by molar-refractivity contribution is -0.377. The van der Waals surface area contributed by atoms with Gasteiger partial charge in [0.05, 0.1) is 32.0 Å². The molecule has 0 aromatic heterocycles. The third kappa shape index (κ3) is 5.79. The maximum absolute atomic E-state index is 10.7. The standard InChI is InChI=1S/C20H36O15/c1-6-7(3-21)31-19(13(27)10(6)24)34-17-9(5-23)33-20(15(29)12(17)26)35-16-8(4-22)32-18(30-2)14(28)11(16)25/h6-29H,3-5H2,1-2H3/t6-,7+,8+,9?,10?,11?,12-,13?,14?,15?,16-,17-,18-,19+,20+/m1/s1. The molecular formula is C20H36O15. The molecule has 0 aliphatic carbocycles. The van der Waals surface area contributed by atoms with Gasteiger partial charge in [0.1, 0.15) is 54.9 Å². The predicted octanol–water partition coefficient (Wildman–Crippen LogP) is -5.64. The average Bonchev–Trinajstić information content (AvgIpc) is 2.86. The molecule has 0 saturated carbocycles. The molecule has 15 heteroatoms. The fraction of sp³-hybridized carbons (Fsp3) is 1.00. The minimum Gasteiger partial charge on any atom is -0.394 e. The lowest BCUT2D eigenvalue weighted by Crippen LogP contribution is -2.66. The molecule has 3 saturated heterocycles. The lowest BCUT2D eigenvalue weighted by atomic mass is 9.91. The van der Waals surface area contributed by atoms with Gasteiger partial charge >= 0.3 is 0 Å². The summed E-state index contributed by atoms with van der Waals surface area (Å²) < 4.78 is 32.4. The van der Waals surface area contributed by atoms with Gasteiger partial charge in [-0.3, -0.25) is 0 Å². The SMILES string of the molecule is CO[C@@H]1O[C@@H](CO)[C@@H](O[C@@H]2OC(CO)[C@@H](O[C@@H]3O[C@@H](CO)[C@@H](C)C(O)C3O)[C@H](O)C2O)C(O)C1O. The Kier molecular flexibility index (Phi) is 10.2. The van der Waals surface area contributed by atoms with Crippen molar-refractivity contribution < 1.29 is 74.4 Å². The first-order valence-corrected chi connectivity index (χ1v) is 11.3. The number of rotatable bonds is 8. The summed E-state index contributed by atoms with van der Waals surface area (Å²) in [7, 11) is 1.22. The van der Waals surface area contributed by atoms with E-state index in [2.05, 4.69) is 0 Å².